The normalized spacial score (nSPS) is 22.3. The Kier molecular flexibility index (Phi) is 9.81. The van der Waals surface area contributed by atoms with Crippen molar-refractivity contribution in [2.75, 3.05) is 21.3 Å². The molecule has 41 heavy (non-hydrogen) atoms. The number of aliphatic hydroxyl groups excluding tert-OH is 1. The lowest BCUT2D eigenvalue weighted by Crippen LogP contribution is -2.58. The lowest BCUT2D eigenvalue weighted by Gasteiger charge is -2.41. The van der Waals surface area contributed by atoms with E-state index in [0.717, 1.165) is 19.3 Å². The molecule has 1 aliphatic rings. The van der Waals surface area contributed by atoms with Crippen LogP contribution in [0.5, 0.6) is 28.7 Å². The van der Waals surface area contributed by atoms with Gasteiger partial charge in [-0.25, -0.2) is 14.4 Å². The topological polar surface area (TPSA) is 199 Å². The first kappa shape index (κ1) is 30.8. The largest absolute Gasteiger partial charge is 0.504 e. The number of phenolic OH excluding ortho intramolecular Hbond substituents is 3. The molecule has 0 aliphatic heterocycles. The molecular formula is C28H30O13. The number of hydrogen-bond donors (Lipinski definition) is 5. The van der Waals surface area contributed by atoms with Crippen molar-refractivity contribution in [3.05, 3.63) is 53.6 Å². The third-order valence-electron chi connectivity index (χ3n) is 6.24. The van der Waals surface area contributed by atoms with E-state index < -0.39 is 60.4 Å². The third-order valence-corrected chi connectivity index (χ3v) is 6.24. The first-order valence-corrected chi connectivity index (χ1v) is 12.1. The van der Waals surface area contributed by atoms with Gasteiger partial charge in [-0.15, -0.1) is 0 Å². The summed E-state index contributed by atoms with van der Waals surface area (Å²) in [5.74, 6) is -3.85. The zero-order valence-corrected chi connectivity index (χ0v) is 22.3. The molecule has 0 bridgehead atoms. The van der Waals surface area contributed by atoms with E-state index in [0.29, 0.717) is 11.1 Å². The quantitative estimate of drug-likeness (QED) is 0.125. The highest BCUT2D eigenvalue weighted by Crippen LogP contribution is 2.38. The molecule has 4 unspecified atom stereocenters. The number of rotatable bonds is 9. The fraction of sp³-hybridized carbons (Fsp3) is 0.321. The van der Waals surface area contributed by atoms with Gasteiger partial charge in [0.2, 0.25) is 5.75 Å². The van der Waals surface area contributed by atoms with Crippen LogP contribution in [0.1, 0.15) is 24.0 Å². The number of phenols is 3. The van der Waals surface area contributed by atoms with Crippen molar-refractivity contribution in [2.24, 2.45) is 0 Å². The molecule has 3 rings (SSSR count). The molecule has 1 saturated carbocycles. The van der Waals surface area contributed by atoms with Crippen molar-refractivity contribution in [3.63, 3.8) is 0 Å². The van der Waals surface area contributed by atoms with E-state index in [1.54, 1.807) is 0 Å². The zero-order valence-electron chi connectivity index (χ0n) is 22.3. The summed E-state index contributed by atoms with van der Waals surface area (Å²) in [6, 6.07) is 6.67. The van der Waals surface area contributed by atoms with Crippen molar-refractivity contribution in [1.82, 2.24) is 0 Å². The molecular weight excluding hydrogens is 544 g/mol. The van der Waals surface area contributed by atoms with Crippen LogP contribution in [-0.4, -0.2) is 88.7 Å². The Bertz CT molecular complexity index is 1320. The number of aromatic hydroxyl groups is 3. The molecule has 2 aromatic carbocycles. The van der Waals surface area contributed by atoms with E-state index in [9.17, 15) is 39.9 Å². The second-order valence-electron chi connectivity index (χ2n) is 9.06. The summed E-state index contributed by atoms with van der Waals surface area (Å²) in [5.41, 5.74) is -1.50. The Hall–Kier alpha value is -4.75. The second kappa shape index (κ2) is 13.1. The number of carbonyl (C=O) groups is 3. The number of benzene rings is 2. The molecule has 1 aliphatic carbocycles. The summed E-state index contributed by atoms with van der Waals surface area (Å²) in [4.78, 5) is 37.5. The highest BCUT2D eigenvalue weighted by Gasteiger charge is 2.52. The van der Waals surface area contributed by atoms with Gasteiger partial charge in [0.1, 0.15) is 6.10 Å². The maximum absolute atomic E-state index is 12.7. The molecule has 1 fully saturated rings. The van der Waals surface area contributed by atoms with Gasteiger partial charge in [0.15, 0.2) is 34.7 Å². The van der Waals surface area contributed by atoms with Crippen LogP contribution in [-0.2, 0) is 28.6 Å². The van der Waals surface area contributed by atoms with Crippen LogP contribution < -0.4 is 9.47 Å². The Morgan fingerprint density at radius 1 is 0.829 bits per heavy atom. The Morgan fingerprint density at radius 2 is 1.41 bits per heavy atom. The summed E-state index contributed by atoms with van der Waals surface area (Å²) < 4.78 is 25.5. The SMILES string of the molecule is COC(=O)C1(O)CC(O)C(OC(=O)C=Cc2cc(OC)c(O)c(OC)c2)C(OC(=O)C=Cc2ccc(O)c(O)c2)C1. The van der Waals surface area contributed by atoms with Gasteiger partial charge in [-0.05, 0) is 47.5 Å². The Morgan fingerprint density at radius 3 is 1.98 bits per heavy atom. The van der Waals surface area contributed by atoms with Gasteiger partial charge >= 0.3 is 17.9 Å². The first-order valence-electron chi connectivity index (χ1n) is 12.1. The summed E-state index contributed by atoms with van der Waals surface area (Å²) in [7, 11) is 3.70. The monoisotopic (exact) mass is 574 g/mol. The van der Waals surface area contributed by atoms with Gasteiger partial charge in [-0.3, -0.25) is 0 Å². The standard InChI is InChI=1S/C28H30O13/c1-37-20-11-16(12-21(38-2)25(20)34)6-9-24(33)41-26-19(31)13-28(36,27(35)39-3)14-22(26)40-23(32)8-5-15-4-7-17(29)18(30)10-15/h4-12,19,22,26,29-31,34,36H,13-14H2,1-3H3. The van der Waals surface area contributed by atoms with Crippen LogP contribution in [0.25, 0.3) is 12.2 Å². The minimum atomic E-state index is -2.23. The van der Waals surface area contributed by atoms with Gasteiger partial charge < -0.3 is 49.2 Å². The van der Waals surface area contributed by atoms with Crippen molar-refractivity contribution in [3.8, 4) is 28.7 Å². The molecule has 5 N–H and O–H groups in total. The highest BCUT2D eigenvalue weighted by molar-refractivity contribution is 5.89. The van der Waals surface area contributed by atoms with Gasteiger partial charge in [-0.2, -0.15) is 0 Å². The second-order valence-corrected chi connectivity index (χ2v) is 9.06. The van der Waals surface area contributed by atoms with Crippen LogP contribution >= 0.6 is 0 Å². The molecule has 0 spiro atoms. The van der Waals surface area contributed by atoms with E-state index in [1.807, 2.05) is 0 Å². The van der Waals surface area contributed by atoms with Crippen LogP contribution in [0.4, 0.5) is 0 Å². The lowest BCUT2D eigenvalue weighted by atomic mass is 9.79. The maximum atomic E-state index is 12.7. The molecule has 4 atom stereocenters. The number of carbonyl (C=O) groups excluding carboxylic acids is 3. The lowest BCUT2D eigenvalue weighted by molar-refractivity contribution is -0.206. The summed E-state index contributed by atoms with van der Waals surface area (Å²) in [6.45, 7) is 0. The van der Waals surface area contributed by atoms with Crippen molar-refractivity contribution in [2.45, 2.75) is 36.8 Å². The minimum Gasteiger partial charge on any atom is -0.504 e. The summed E-state index contributed by atoms with van der Waals surface area (Å²) in [5, 5.41) is 50.6. The molecule has 2 aromatic rings. The highest BCUT2D eigenvalue weighted by atomic mass is 16.6. The maximum Gasteiger partial charge on any atom is 0.338 e. The fourth-order valence-corrected chi connectivity index (χ4v) is 4.21. The molecule has 0 heterocycles. The van der Waals surface area contributed by atoms with E-state index in [-0.39, 0.29) is 23.0 Å². The van der Waals surface area contributed by atoms with Crippen molar-refractivity contribution < 1.29 is 63.6 Å². The van der Waals surface area contributed by atoms with Crippen LogP contribution in [0.2, 0.25) is 0 Å². The molecule has 13 nitrogen and oxygen atoms in total. The molecule has 220 valence electrons. The molecule has 0 aromatic heterocycles. The Balaban J connectivity index is 1.80. The van der Waals surface area contributed by atoms with Gasteiger partial charge in [0, 0.05) is 25.0 Å². The van der Waals surface area contributed by atoms with Gasteiger partial charge in [0.25, 0.3) is 0 Å². The molecule has 13 heteroatoms. The Labute approximate surface area is 234 Å². The van der Waals surface area contributed by atoms with E-state index in [1.165, 1.54) is 56.7 Å². The molecule has 0 amide bonds. The third kappa shape index (κ3) is 7.47. The van der Waals surface area contributed by atoms with Crippen LogP contribution in [0.3, 0.4) is 0 Å². The number of methoxy groups -OCH3 is 3. The summed E-state index contributed by atoms with van der Waals surface area (Å²) in [6.07, 6.45) is -1.13. The number of hydrogen-bond acceptors (Lipinski definition) is 13. The van der Waals surface area contributed by atoms with Crippen molar-refractivity contribution in [1.29, 1.82) is 0 Å². The minimum absolute atomic E-state index is 0.0877. The molecule has 0 radical (unpaired) electrons. The predicted molar refractivity (Wildman–Crippen MR) is 141 cm³/mol. The van der Waals surface area contributed by atoms with Gasteiger partial charge in [0.05, 0.1) is 27.4 Å². The van der Waals surface area contributed by atoms with Crippen molar-refractivity contribution >= 4 is 30.1 Å². The fourth-order valence-electron chi connectivity index (χ4n) is 4.21. The van der Waals surface area contributed by atoms with E-state index in [4.69, 9.17) is 18.9 Å². The van der Waals surface area contributed by atoms with Crippen LogP contribution in [0, 0.1) is 0 Å². The average Bonchev–Trinajstić information content (AvgIpc) is 2.94. The van der Waals surface area contributed by atoms with E-state index >= 15 is 0 Å². The van der Waals surface area contributed by atoms with Gasteiger partial charge in [-0.1, -0.05) is 6.07 Å². The number of ether oxygens (including phenoxy) is 5. The molecule has 0 saturated heterocycles. The van der Waals surface area contributed by atoms with E-state index in [2.05, 4.69) is 4.74 Å². The number of aliphatic hydroxyl groups is 2. The van der Waals surface area contributed by atoms with Crippen LogP contribution in [0.15, 0.2) is 42.5 Å². The summed E-state index contributed by atoms with van der Waals surface area (Å²) >= 11 is 0. The smallest absolute Gasteiger partial charge is 0.338 e. The first-order chi connectivity index (χ1) is 19.4. The predicted octanol–water partition coefficient (Wildman–Crippen LogP) is 1.43. The average molecular weight is 575 g/mol. The number of esters is 3. The zero-order chi connectivity index (χ0) is 30.3.